The van der Waals surface area contributed by atoms with Gasteiger partial charge in [0.05, 0.1) is 0 Å². The van der Waals surface area contributed by atoms with E-state index in [0.29, 0.717) is 0 Å². The third kappa shape index (κ3) is 2.84. The van der Waals surface area contributed by atoms with Gasteiger partial charge in [0.2, 0.25) is 0 Å². The van der Waals surface area contributed by atoms with Gasteiger partial charge in [-0.1, -0.05) is 12.1 Å². The fraction of sp³-hybridized carbons (Fsp3) is 0.538. The molecule has 106 valence electrons. The smallest absolute Gasteiger partial charge is 0.376 e. The lowest BCUT2D eigenvalue weighted by atomic mass is 9.95. The topological polar surface area (TPSA) is 35.5 Å². The maximum absolute atomic E-state index is 12.7. The van der Waals surface area contributed by atoms with E-state index < -0.39 is 11.8 Å². The van der Waals surface area contributed by atoms with Gasteiger partial charge in [-0.15, -0.1) is 0 Å². The van der Waals surface area contributed by atoms with Crippen molar-refractivity contribution in [3.8, 4) is 0 Å². The molecule has 1 aliphatic heterocycles. The average molecular weight is 274 g/mol. The van der Waals surface area contributed by atoms with Crippen LogP contribution in [0.1, 0.15) is 12.5 Å². The van der Waals surface area contributed by atoms with Crippen LogP contribution in [0.4, 0.5) is 18.9 Å². The van der Waals surface area contributed by atoms with E-state index in [9.17, 15) is 18.3 Å². The molecule has 1 heterocycles. The van der Waals surface area contributed by atoms with E-state index in [1.54, 1.807) is 12.1 Å². The number of hydrogen-bond donors (Lipinski definition) is 2. The largest absolute Gasteiger partial charge is 0.421 e. The summed E-state index contributed by atoms with van der Waals surface area (Å²) in [7, 11) is 0. The van der Waals surface area contributed by atoms with Crippen molar-refractivity contribution in [1.29, 1.82) is 0 Å². The van der Waals surface area contributed by atoms with Crippen molar-refractivity contribution in [3.63, 3.8) is 0 Å². The fourth-order valence-corrected chi connectivity index (χ4v) is 2.08. The summed E-state index contributed by atoms with van der Waals surface area (Å²) in [5, 5.41) is 12.8. The lowest BCUT2D eigenvalue weighted by Gasteiger charge is -2.31. The van der Waals surface area contributed by atoms with E-state index >= 15 is 0 Å². The van der Waals surface area contributed by atoms with Crippen molar-refractivity contribution in [2.24, 2.45) is 0 Å². The van der Waals surface area contributed by atoms with Gasteiger partial charge in [0, 0.05) is 31.9 Å². The highest BCUT2D eigenvalue weighted by Gasteiger charge is 2.51. The van der Waals surface area contributed by atoms with Crippen LogP contribution in [0.2, 0.25) is 0 Å². The minimum absolute atomic E-state index is 0.140. The number of nitrogens with zero attached hydrogens (tertiary/aromatic N) is 1. The number of anilines is 1. The van der Waals surface area contributed by atoms with Crippen molar-refractivity contribution in [1.82, 2.24) is 5.32 Å². The fourth-order valence-electron chi connectivity index (χ4n) is 2.08. The SMILES string of the molecule is C[C@](O)(c1ccc(N2CCNCC2)cc1)C(F)(F)F. The quantitative estimate of drug-likeness (QED) is 0.864. The average Bonchev–Trinajstić information content (AvgIpc) is 2.39. The molecule has 1 aromatic carbocycles. The number of rotatable bonds is 2. The number of piperazine rings is 1. The summed E-state index contributed by atoms with van der Waals surface area (Å²) in [6.07, 6.45) is -4.68. The highest BCUT2D eigenvalue weighted by Crippen LogP contribution is 2.38. The van der Waals surface area contributed by atoms with Crippen LogP contribution in [0.5, 0.6) is 0 Å². The Hall–Kier alpha value is -1.27. The lowest BCUT2D eigenvalue weighted by Crippen LogP contribution is -2.43. The third-order valence-corrected chi connectivity index (χ3v) is 3.46. The zero-order chi connectivity index (χ0) is 14.1. The second kappa shape index (κ2) is 5.02. The molecule has 0 aromatic heterocycles. The van der Waals surface area contributed by atoms with E-state index in [1.165, 1.54) is 12.1 Å². The van der Waals surface area contributed by atoms with Crippen molar-refractivity contribution < 1.29 is 18.3 Å². The summed E-state index contributed by atoms with van der Waals surface area (Å²) in [5.41, 5.74) is -2.07. The maximum atomic E-state index is 12.7. The van der Waals surface area contributed by atoms with E-state index in [-0.39, 0.29) is 5.56 Å². The molecule has 1 saturated heterocycles. The first kappa shape index (κ1) is 14.1. The highest BCUT2D eigenvalue weighted by molar-refractivity contribution is 5.49. The first-order chi connectivity index (χ1) is 8.82. The van der Waals surface area contributed by atoms with Gasteiger partial charge < -0.3 is 15.3 Å². The molecular weight excluding hydrogens is 257 g/mol. The van der Waals surface area contributed by atoms with Crippen LogP contribution < -0.4 is 10.2 Å². The Morgan fingerprint density at radius 3 is 2.11 bits per heavy atom. The number of aliphatic hydroxyl groups is 1. The molecule has 3 nitrogen and oxygen atoms in total. The molecule has 0 aliphatic carbocycles. The summed E-state index contributed by atoms with van der Waals surface area (Å²) >= 11 is 0. The summed E-state index contributed by atoms with van der Waals surface area (Å²) < 4.78 is 38.1. The number of alkyl halides is 3. The van der Waals surface area contributed by atoms with Crippen LogP contribution in [0.3, 0.4) is 0 Å². The molecule has 0 bridgehead atoms. The predicted octanol–water partition coefficient (Wildman–Crippen LogP) is 1.87. The van der Waals surface area contributed by atoms with Gasteiger partial charge >= 0.3 is 6.18 Å². The predicted molar refractivity (Wildman–Crippen MR) is 67.2 cm³/mol. The number of nitrogens with one attached hydrogen (secondary N) is 1. The number of hydrogen-bond acceptors (Lipinski definition) is 3. The molecule has 0 unspecified atom stereocenters. The Morgan fingerprint density at radius 2 is 1.63 bits per heavy atom. The summed E-state index contributed by atoms with van der Waals surface area (Å²) in [4.78, 5) is 2.10. The minimum atomic E-state index is -4.68. The van der Waals surface area contributed by atoms with E-state index in [0.717, 1.165) is 38.8 Å². The molecule has 0 spiro atoms. The van der Waals surface area contributed by atoms with E-state index in [4.69, 9.17) is 0 Å². The molecule has 0 saturated carbocycles. The van der Waals surface area contributed by atoms with E-state index in [1.807, 2.05) is 0 Å². The van der Waals surface area contributed by atoms with Gasteiger partial charge in [0.25, 0.3) is 0 Å². The maximum Gasteiger partial charge on any atom is 0.421 e. The molecule has 6 heteroatoms. The molecule has 1 atom stereocenters. The lowest BCUT2D eigenvalue weighted by molar-refractivity contribution is -0.258. The Labute approximate surface area is 110 Å². The molecule has 0 radical (unpaired) electrons. The van der Waals surface area contributed by atoms with Gasteiger partial charge in [-0.05, 0) is 24.6 Å². The third-order valence-electron chi connectivity index (χ3n) is 3.46. The van der Waals surface area contributed by atoms with Crippen LogP contribution in [0, 0.1) is 0 Å². The van der Waals surface area contributed by atoms with Gasteiger partial charge in [-0.2, -0.15) is 13.2 Å². The van der Waals surface area contributed by atoms with Crippen LogP contribution in [-0.2, 0) is 5.60 Å². The summed E-state index contributed by atoms with van der Waals surface area (Å²) in [6, 6.07) is 5.93. The first-order valence-corrected chi connectivity index (χ1v) is 6.18. The number of halogens is 3. The Balaban J connectivity index is 2.18. The zero-order valence-corrected chi connectivity index (χ0v) is 10.7. The van der Waals surface area contributed by atoms with Crippen LogP contribution in [0.15, 0.2) is 24.3 Å². The minimum Gasteiger partial charge on any atom is -0.376 e. The highest BCUT2D eigenvalue weighted by atomic mass is 19.4. The molecule has 2 N–H and O–H groups in total. The Kier molecular flexibility index (Phi) is 3.73. The van der Waals surface area contributed by atoms with Gasteiger partial charge in [0.15, 0.2) is 5.60 Å². The van der Waals surface area contributed by atoms with Gasteiger partial charge in [-0.25, -0.2) is 0 Å². The molecular formula is C13H17F3N2O. The Bertz CT molecular complexity index is 423. The zero-order valence-electron chi connectivity index (χ0n) is 10.7. The molecule has 19 heavy (non-hydrogen) atoms. The summed E-state index contributed by atoms with van der Waals surface area (Å²) in [5.74, 6) is 0. The molecule has 1 aliphatic rings. The summed E-state index contributed by atoms with van der Waals surface area (Å²) in [6.45, 7) is 4.15. The van der Waals surface area contributed by atoms with Crippen molar-refractivity contribution in [2.45, 2.75) is 18.7 Å². The van der Waals surface area contributed by atoms with Crippen molar-refractivity contribution in [2.75, 3.05) is 31.1 Å². The number of benzene rings is 1. The monoisotopic (exact) mass is 274 g/mol. The van der Waals surface area contributed by atoms with Gasteiger partial charge in [0.1, 0.15) is 0 Å². The Morgan fingerprint density at radius 1 is 1.11 bits per heavy atom. The van der Waals surface area contributed by atoms with Crippen LogP contribution in [-0.4, -0.2) is 37.5 Å². The van der Waals surface area contributed by atoms with E-state index in [2.05, 4.69) is 10.2 Å². The second-order valence-corrected chi connectivity index (χ2v) is 4.85. The molecule has 1 fully saturated rings. The normalized spacial score (nSPS) is 20.2. The van der Waals surface area contributed by atoms with Crippen LogP contribution >= 0.6 is 0 Å². The van der Waals surface area contributed by atoms with Crippen molar-refractivity contribution in [3.05, 3.63) is 29.8 Å². The van der Waals surface area contributed by atoms with Crippen molar-refractivity contribution >= 4 is 5.69 Å². The molecule has 2 rings (SSSR count). The first-order valence-electron chi connectivity index (χ1n) is 6.18. The molecule has 1 aromatic rings. The molecule has 0 amide bonds. The second-order valence-electron chi connectivity index (χ2n) is 4.85. The van der Waals surface area contributed by atoms with Gasteiger partial charge in [-0.3, -0.25) is 0 Å². The standard InChI is InChI=1S/C13H17F3N2O/c1-12(19,13(14,15)16)10-2-4-11(5-3-10)18-8-6-17-7-9-18/h2-5,17,19H,6-9H2,1H3/t12-/m0/s1. The van der Waals surface area contributed by atoms with Crippen LogP contribution in [0.25, 0.3) is 0 Å².